The number of carbonyl (C=O) groups excluding carboxylic acids is 1. The van der Waals surface area contributed by atoms with Gasteiger partial charge in [-0.1, -0.05) is 24.3 Å². The molecule has 2 heterocycles. The molecule has 0 saturated carbocycles. The molecule has 1 aliphatic heterocycles. The zero-order chi connectivity index (χ0) is 20.2. The van der Waals surface area contributed by atoms with Crippen LogP contribution in [0.3, 0.4) is 0 Å². The van der Waals surface area contributed by atoms with Gasteiger partial charge in [0.25, 0.3) is 0 Å². The molecule has 0 bridgehead atoms. The molecule has 1 fully saturated rings. The number of hydrogen-bond donors (Lipinski definition) is 1. The van der Waals surface area contributed by atoms with E-state index < -0.39 is 0 Å². The molecular formula is C22H27N5O2. The highest BCUT2D eigenvalue weighted by Crippen LogP contribution is 2.23. The molecule has 2 amide bonds. The van der Waals surface area contributed by atoms with Crippen LogP contribution >= 0.6 is 0 Å². The van der Waals surface area contributed by atoms with E-state index in [4.69, 9.17) is 9.72 Å². The zero-order valence-electron chi connectivity index (χ0n) is 17.0. The number of aromatic nitrogens is 2. The van der Waals surface area contributed by atoms with Crippen LogP contribution in [0, 0.1) is 0 Å². The van der Waals surface area contributed by atoms with Crippen molar-refractivity contribution in [2.24, 2.45) is 0 Å². The fourth-order valence-electron chi connectivity index (χ4n) is 3.80. The summed E-state index contributed by atoms with van der Waals surface area (Å²) in [6.07, 6.45) is 0. The number of urea groups is 1. The Labute approximate surface area is 170 Å². The van der Waals surface area contributed by atoms with Crippen molar-refractivity contribution < 1.29 is 9.53 Å². The Kier molecular flexibility index (Phi) is 5.55. The molecule has 0 atom stereocenters. The normalized spacial score (nSPS) is 14.3. The summed E-state index contributed by atoms with van der Waals surface area (Å²) in [5, 5.41) is 3.01. The van der Waals surface area contributed by atoms with E-state index in [0.29, 0.717) is 19.6 Å². The summed E-state index contributed by atoms with van der Waals surface area (Å²) >= 11 is 0. The highest BCUT2D eigenvalue weighted by molar-refractivity contribution is 5.79. The number of hydrogen-bond acceptors (Lipinski definition) is 4. The highest BCUT2D eigenvalue weighted by Gasteiger charge is 2.24. The predicted octanol–water partition coefficient (Wildman–Crippen LogP) is 3.10. The summed E-state index contributed by atoms with van der Waals surface area (Å²) in [5.74, 6) is 1.79. The molecule has 0 unspecified atom stereocenters. The van der Waals surface area contributed by atoms with E-state index >= 15 is 0 Å². The van der Waals surface area contributed by atoms with Crippen LogP contribution in [0.4, 0.5) is 10.7 Å². The smallest absolute Gasteiger partial charge is 0.317 e. The Bertz CT molecular complexity index is 992. The Morgan fingerprint density at radius 2 is 1.90 bits per heavy atom. The predicted molar refractivity (Wildman–Crippen MR) is 114 cm³/mol. The van der Waals surface area contributed by atoms with Crippen molar-refractivity contribution in [2.45, 2.75) is 20.0 Å². The van der Waals surface area contributed by atoms with Gasteiger partial charge in [0.2, 0.25) is 5.95 Å². The van der Waals surface area contributed by atoms with E-state index in [1.807, 2.05) is 47.4 Å². The number of methoxy groups -OCH3 is 1. The molecule has 152 valence electrons. The average molecular weight is 393 g/mol. The van der Waals surface area contributed by atoms with E-state index in [1.165, 1.54) is 0 Å². The molecule has 4 rings (SSSR count). The van der Waals surface area contributed by atoms with E-state index in [-0.39, 0.29) is 6.03 Å². The summed E-state index contributed by atoms with van der Waals surface area (Å²) < 4.78 is 7.48. The van der Waals surface area contributed by atoms with Gasteiger partial charge in [-0.25, -0.2) is 9.78 Å². The van der Waals surface area contributed by atoms with Crippen molar-refractivity contribution in [3.8, 4) is 5.75 Å². The first-order valence-corrected chi connectivity index (χ1v) is 10.1. The summed E-state index contributed by atoms with van der Waals surface area (Å²) in [7, 11) is 1.64. The van der Waals surface area contributed by atoms with E-state index in [2.05, 4.69) is 27.8 Å². The third-order valence-electron chi connectivity index (χ3n) is 5.38. The van der Waals surface area contributed by atoms with Crippen LogP contribution in [0.25, 0.3) is 11.0 Å². The number of fused-ring (bicyclic) bond motifs is 1. The van der Waals surface area contributed by atoms with Gasteiger partial charge in [-0.2, -0.15) is 0 Å². The molecule has 1 aliphatic rings. The van der Waals surface area contributed by atoms with Crippen molar-refractivity contribution >= 4 is 23.0 Å². The van der Waals surface area contributed by atoms with Gasteiger partial charge in [0.15, 0.2) is 0 Å². The fourth-order valence-corrected chi connectivity index (χ4v) is 3.80. The van der Waals surface area contributed by atoms with Gasteiger partial charge in [0, 0.05) is 39.3 Å². The van der Waals surface area contributed by atoms with Crippen LogP contribution in [0.2, 0.25) is 0 Å². The minimum Gasteiger partial charge on any atom is -0.497 e. The first-order chi connectivity index (χ1) is 14.2. The van der Waals surface area contributed by atoms with Crippen molar-refractivity contribution in [1.29, 1.82) is 0 Å². The number of rotatable bonds is 5. The molecule has 0 spiro atoms. The lowest BCUT2D eigenvalue weighted by Crippen LogP contribution is -2.52. The molecule has 29 heavy (non-hydrogen) atoms. The fraction of sp³-hybridized carbons (Fsp3) is 0.364. The molecular weight excluding hydrogens is 366 g/mol. The number of aryl methyl sites for hydroxylation is 1. The number of amides is 2. The van der Waals surface area contributed by atoms with E-state index in [1.54, 1.807) is 7.11 Å². The molecule has 1 aromatic heterocycles. The highest BCUT2D eigenvalue weighted by atomic mass is 16.5. The molecule has 1 saturated heterocycles. The van der Waals surface area contributed by atoms with E-state index in [0.717, 1.165) is 47.9 Å². The first kappa shape index (κ1) is 19.1. The quantitative estimate of drug-likeness (QED) is 0.724. The summed E-state index contributed by atoms with van der Waals surface area (Å²) in [6, 6.07) is 15.9. The Balaban J connectivity index is 1.36. The molecule has 2 aromatic carbocycles. The zero-order valence-corrected chi connectivity index (χ0v) is 17.0. The summed E-state index contributed by atoms with van der Waals surface area (Å²) in [6.45, 7) is 6.40. The third kappa shape index (κ3) is 3.99. The van der Waals surface area contributed by atoms with Crippen LogP contribution in [0.15, 0.2) is 48.5 Å². The number of carbonyl (C=O) groups is 1. The van der Waals surface area contributed by atoms with Gasteiger partial charge in [-0.15, -0.1) is 0 Å². The summed E-state index contributed by atoms with van der Waals surface area (Å²) in [5.41, 5.74) is 3.19. The van der Waals surface area contributed by atoms with Gasteiger partial charge in [0.1, 0.15) is 5.75 Å². The van der Waals surface area contributed by atoms with Crippen LogP contribution in [-0.2, 0) is 13.1 Å². The second-order valence-corrected chi connectivity index (χ2v) is 7.13. The SMILES string of the molecule is CCn1c(N2CCN(C(=O)NCc3cccc(OC)c3)CC2)nc2ccccc21. The van der Waals surface area contributed by atoms with Crippen LogP contribution in [0.1, 0.15) is 12.5 Å². The second-order valence-electron chi connectivity index (χ2n) is 7.13. The van der Waals surface area contributed by atoms with Gasteiger partial charge in [0.05, 0.1) is 18.1 Å². The second kappa shape index (κ2) is 8.43. The van der Waals surface area contributed by atoms with Crippen LogP contribution in [0.5, 0.6) is 5.75 Å². The molecule has 3 aromatic rings. The molecule has 0 radical (unpaired) electrons. The Hall–Kier alpha value is -3.22. The maximum atomic E-state index is 12.6. The van der Waals surface area contributed by atoms with Crippen molar-refractivity contribution in [3.05, 3.63) is 54.1 Å². The van der Waals surface area contributed by atoms with Gasteiger partial charge < -0.3 is 24.4 Å². The lowest BCUT2D eigenvalue weighted by molar-refractivity contribution is 0.193. The molecule has 7 nitrogen and oxygen atoms in total. The third-order valence-corrected chi connectivity index (χ3v) is 5.38. The van der Waals surface area contributed by atoms with Crippen molar-refractivity contribution in [3.63, 3.8) is 0 Å². The van der Waals surface area contributed by atoms with Gasteiger partial charge >= 0.3 is 6.03 Å². The van der Waals surface area contributed by atoms with Crippen LogP contribution in [-0.4, -0.2) is 53.8 Å². The number of piperazine rings is 1. The Morgan fingerprint density at radius 3 is 2.66 bits per heavy atom. The maximum absolute atomic E-state index is 12.6. The lowest BCUT2D eigenvalue weighted by Gasteiger charge is -2.35. The summed E-state index contributed by atoms with van der Waals surface area (Å²) in [4.78, 5) is 21.5. The van der Waals surface area contributed by atoms with Crippen molar-refractivity contribution in [2.75, 3.05) is 38.2 Å². The van der Waals surface area contributed by atoms with Crippen LogP contribution < -0.4 is 15.0 Å². The lowest BCUT2D eigenvalue weighted by atomic mass is 10.2. The largest absolute Gasteiger partial charge is 0.497 e. The average Bonchev–Trinajstić information content (AvgIpc) is 3.16. The minimum atomic E-state index is -0.0311. The number of imidazole rings is 1. The minimum absolute atomic E-state index is 0.0311. The topological polar surface area (TPSA) is 62.6 Å². The van der Waals surface area contributed by atoms with E-state index in [9.17, 15) is 4.79 Å². The first-order valence-electron chi connectivity index (χ1n) is 10.1. The number of nitrogens with one attached hydrogen (secondary N) is 1. The maximum Gasteiger partial charge on any atom is 0.317 e. The standard InChI is InChI=1S/C22H27N5O2/c1-3-27-20-10-5-4-9-19(20)24-21(27)25-11-13-26(14-12-25)22(28)23-16-17-7-6-8-18(15-17)29-2/h4-10,15H,3,11-14,16H2,1-2H3,(H,23,28). The molecule has 0 aliphatic carbocycles. The van der Waals surface area contributed by atoms with Gasteiger partial charge in [-0.05, 0) is 36.8 Å². The number of nitrogens with zero attached hydrogens (tertiary/aromatic N) is 4. The van der Waals surface area contributed by atoms with Crippen molar-refractivity contribution in [1.82, 2.24) is 19.8 Å². The monoisotopic (exact) mass is 393 g/mol. The molecule has 7 heteroatoms. The Morgan fingerprint density at radius 1 is 1.10 bits per heavy atom. The molecule has 1 N–H and O–H groups in total. The number of anilines is 1. The number of benzene rings is 2. The number of ether oxygens (including phenoxy) is 1. The number of para-hydroxylation sites is 2. The van der Waals surface area contributed by atoms with Gasteiger partial charge in [-0.3, -0.25) is 0 Å².